The summed E-state index contributed by atoms with van der Waals surface area (Å²) >= 11 is 0. The molecule has 0 spiro atoms. The monoisotopic (exact) mass is 391 g/mol. The zero-order valence-electron chi connectivity index (χ0n) is 16.4. The van der Waals surface area contributed by atoms with Gasteiger partial charge < -0.3 is 26.4 Å². The van der Waals surface area contributed by atoms with Gasteiger partial charge in [0.1, 0.15) is 6.04 Å². The number of carbonyl (C=O) groups is 3. The van der Waals surface area contributed by atoms with Crippen molar-refractivity contribution in [3.63, 3.8) is 0 Å². The minimum atomic E-state index is -0.737. The Morgan fingerprint density at radius 2 is 1.68 bits per heavy atom. The summed E-state index contributed by atoms with van der Waals surface area (Å²) in [5.41, 5.74) is 6.38. The van der Waals surface area contributed by atoms with Crippen molar-refractivity contribution in [3.05, 3.63) is 24.3 Å². The van der Waals surface area contributed by atoms with Gasteiger partial charge in [-0.2, -0.15) is 0 Å². The fraction of sp³-hybridized carbons (Fsp3) is 0.526. The van der Waals surface area contributed by atoms with Gasteiger partial charge in [0.25, 0.3) is 0 Å². The number of nitrogens with zero attached hydrogens (tertiary/aromatic N) is 1. The Labute approximate surface area is 165 Å². The molecule has 0 bridgehead atoms. The van der Waals surface area contributed by atoms with Crippen LogP contribution in [-0.2, 0) is 14.3 Å². The zero-order chi connectivity index (χ0) is 20.5. The molecule has 0 aromatic heterocycles. The number of benzene rings is 1. The van der Waals surface area contributed by atoms with Gasteiger partial charge in [-0.1, -0.05) is 20.3 Å². The van der Waals surface area contributed by atoms with E-state index in [0.717, 1.165) is 13.1 Å². The third kappa shape index (κ3) is 6.82. The third-order valence-electron chi connectivity index (χ3n) is 4.70. The van der Waals surface area contributed by atoms with E-state index in [2.05, 4.69) is 16.0 Å². The lowest BCUT2D eigenvalue weighted by atomic mass is 9.98. The van der Waals surface area contributed by atoms with Crippen LogP contribution in [-0.4, -0.2) is 61.6 Å². The molecule has 1 aromatic rings. The maximum absolute atomic E-state index is 12.5. The van der Waals surface area contributed by atoms with Crippen LogP contribution in [0.25, 0.3) is 0 Å². The SMILES string of the molecule is CCC(C)C(NC(N)=O)C(=O)Nc1ccc(NC(=O)CN2CCOCC2)cc1. The van der Waals surface area contributed by atoms with Gasteiger partial charge in [0, 0.05) is 24.5 Å². The van der Waals surface area contributed by atoms with Crippen molar-refractivity contribution in [2.45, 2.75) is 26.3 Å². The molecule has 0 saturated carbocycles. The molecule has 2 unspecified atom stereocenters. The number of anilines is 2. The van der Waals surface area contributed by atoms with Crippen LogP contribution < -0.4 is 21.7 Å². The summed E-state index contributed by atoms with van der Waals surface area (Å²) < 4.78 is 5.27. The van der Waals surface area contributed by atoms with Crippen molar-refractivity contribution in [2.24, 2.45) is 11.7 Å². The van der Waals surface area contributed by atoms with Gasteiger partial charge in [-0.05, 0) is 30.2 Å². The van der Waals surface area contributed by atoms with E-state index in [0.29, 0.717) is 37.6 Å². The van der Waals surface area contributed by atoms with Crippen LogP contribution in [0.1, 0.15) is 20.3 Å². The number of morpholine rings is 1. The number of ether oxygens (including phenoxy) is 1. The van der Waals surface area contributed by atoms with Crippen molar-refractivity contribution < 1.29 is 19.1 Å². The standard InChI is InChI=1S/C19H29N5O4/c1-3-13(2)17(23-19(20)27)18(26)22-15-6-4-14(5-7-15)21-16(25)12-24-8-10-28-11-9-24/h4-7,13,17H,3,8-12H2,1-2H3,(H,21,25)(H,22,26)(H3,20,23,27). The molecular formula is C19H29N5O4. The van der Waals surface area contributed by atoms with Gasteiger partial charge >= 0.3 is 6.03 Å². The summed E-state index contributed by atoms with van der Waals surface area (Å²) in [6.07, 6.45) is 0.715. The Kier molecular flexibility index (Phi) is 8.21. The molecule has 1 aromatic carbocycles. The maximum atomic E-state index is 12.5. The van der Waals surface area contributed by atoms with Gasteiger partial charge in [0.15, 0.2) is 0 Å². The molecule has 1 saturated heterocycles. The topological polar surface area (TPSA) is 126 Å². The number of nitrogens with two attached hydrogens (primary N) is 1. The predicted octanol–water partition coefficient (Wildman–Crippen LogP) is 0.979. The van der Waals surface area contributed by atoms with Crippen molar-refractivity contribution in [2.75, 3.05) is 43.5 Å². The average Bonchev–Trinajstić information content (AvgIpc) is 2.67. The molecule has 9 heteroatoms. The van der Waals surface area contributed by atoms with Gasteiger partial charge in [0.2, 0.25) is 11.8 Å². The van der Waals surface area contributed by atoms with E-state index < -0.39 is 12.1 Å². The Balaban J connectivity index is 1.89. The number of urea groups is 1. The number of primary amides is 1. The second-order valence-corrected chi connectivity index (χ2v) is 6.88. The first-order chi connectivity index (χ1) is 13.4. The van der Waals surface area contributed by atoms with E-state index in [1.165, 1.54) is 0 Å². The van der Waals surface area contributed by atoms with Crippen molar-refractivity contribution in [1.29, 1.82) is 0 Å². The molecule has 5 N–H and O–H groups in total. The Hall–Kier alpha value is -2.65. The molecule has 1 heterocycles. The molecule has 154 valence electrons. The molecule has 1 aliphatic rings. The van der Waals surface area contributed by atoms with Crippen LogP contribution in [0, 0.1) is 5.92 Å². The van der Waals surface area contributed by atoms with Crippen LogP contribution >= 0.6 is 0 Å². The van der Waals surface area contributed by atoms with E-state index in [-0.39, 0.29) is 17.7 Å². The highest BCUT2D eigenvalue weighted by Gasteiger charge is 2.25. The fourth-order valence-corrected chi connectivity index (χ4v) is 2.87. The molecule has 1 fully saturated rings. The normalized spacial score (nSPS) is 16.6. The highest BCUT2D eigenvalue weighted by atomic mass is 16.5. The van der Waals surface area contributed by atoms with E-state index in [1.54, 1.807) is 24.3 Å². The van der Waals surface area contributed by atoms with Crippen LogP contribution in [0.5, 0.6) is 0 Å². The van der Waals surface area contributed by atoms with E-state index in [9.17, 15) is 14.4 Å². The lowest BCUT2D eigenvalue weighted by molar-refractivity contribution is -0.119. The van der Waals surface area contributed by atoms with Crippen LogP contribution in [0.4, 0.5) is 16.2 Å². The fourth-order valence-electron chi connectivity index (χ4n) is 2.87. The maximum Gasteiger partial charge on any atom is 0.312 e. The van der Waals surface area contributed by atoms with E-state index in [1.807, 2.05) is 18.7 Å². The summed E-state index contributed by atoms with van der Waals surface area (Å²) in [6, 6.07) is 5.37. The number of nitrogens with one attached hydrogen (secondary N) is 3. The zero-order valence-corrected chi connectivity index (χ0v) is 16.4. The Bertz CT molecular complexity index is 673. The number of rotatable bonds is 8. The summed E-state index contributed by atoms with van der Waals surface area (Å²) in [5.74, 6) is -0.496. The summed E-state index contributed by atoms with van der Waals surface area (Å²) in [5, 5.41) is 8.09. The minimum Gasteiger partial charge on any atom is -0.379 e. The first kappa shape index (κ1) is 21.6. The lowest BCUT2D eigenvalue weighted by Crippen LogP contribution is -2.49. The molecule has 2 atom stereocenters. The minimum absolute atomic E-state index is 0.0637. The van der Waals surface area contributed by atoms with Gasteiger partial charge in [0.05, 0.1) is 19.8 Å². The van der Waals surface area contributed by atoms with Crippen molar-refractivity contribution >= 4 is 29.2 Å². The molecule has 28 heavy (non-hydrogen) atoms. The average molecular weight is 391 g/mol. The summed E-state index contributed by atoms with van der Waals surface area (Å²) in [7, 11) is 0. The van der Waals surface area contributed by atoms with Gasteiger partial charge in [-0.15, -0.1) is 0 Å². The molecule has 0 aliphatic carbocycles. The first-order valence-electron chi connectivity index (χ1n) is 9.46. The van der Waals surface area contributed by atoms with Crippen LogP contribution in [0.15, 0.2) is 24.3 Å². The van der Waals surface area contributed by atoms with E-state index in [4.69, 9.17) is 10.5 Å². The first-order valence-corrected chi connectivity index (χ1v) is 9.46. The summed E-state index contributed by atoms with van der Waals surface area (Å²) in [4.78, 5) is 37.8. The quantitative estimate of drug-likeness (QED) is 0.526. The number of carbonyl (C=O) groups excluding carboxylic acids is 3. The molecule has 2 rings (SSSR count). The Morgan fingerprint density at radius 1 is 1.11 bits per heavy atom. The van der Waals surface area contributed by atoms with Crippen LogP contribution in [0.2, 0.25) is 0 Å². The summed E-state index contributed by atoms with van der Waals surface area (Å²) in [6.45, 7) is 6.89. The highest BCUT2D eigenvalue weighted by molar-refractivity contribution is 5.97. The third-order valence-corrected chi connectivity index (χ3v) is 4.70. The molecule has 0 radical (unpaired) electrons. The second-order valence-electron chi connectivity index (χ2n) is 6.88. The van der Waals surface area contributed by atoms with Crippen molar-refractivity contribution in [1.82, 2.24) is 10.2 Å². The van der Waals surface area contributed by atoms with E-state index >= 15 is 0 Å². The Morgan fingerprint density at radius 3 is 2.21 bits per heavy atom. The van der Waals surface area contributed by atoms with Crippen LogP contribution in [0.3, 0.4) is 0 Å². The molecule has 9 nitrogen and oxygen atoms in total. The molecular weight excluding hydrogens is 362 g/mol. The van der Waals surface area contributed by atoms with Crippen molar-refractivity contribution in [3.8, 4) is 0 Å². The lowest BCUT2D eigenvalue weighted by Gasteiger charge is -2.25. The predicted molar refractivity (Wildman–Crippen MR) is 107 cm³/mol. The highest BCUT2D eigenvalue weighted by Crippen LogP contribution is 2.16. The smallest absolute Gasteiger partial charge is 0.312 e. The second kappa shape index (κ2) is 10.6. The molecule has 4 amide bonds. The number of hydrogen-bond acceptors (Lipinski definition) is 5. The number of hydrogen-bond donors (Lipinski definition) is 4. The molecule has 1 aliphatic heterocycles. The van der Waals surface area contributed by atoms with Gasteiger partial charge in [-0.3, -0.25) is 14.5 Å². The largest absolute Gasteiger partial charge is 0.379 e. The number of amides is 4. The van der Waals surface area contributed by atoms with Gasteiger partial charge in [-0.25, -0.2) is 4.79 Å².